The largest absolute Gasteiger partial charge is 0.479 e. The first kappa shape index (κ1) is 22.8. The van der Waals surface area contributed by atoms with Gasteiger partial charge in [-0.3, -0.25) is 14.9 Å². The lowest BCUT2D eigenvalue weighted by Gasteiger charge is -2.42. The maximum atomic E-state index is 13.0. The number of carboxylic acid groups (broad SMARTS) is 1. The number of carboxylic acids is 1. The summed E-state index contributed by atoms with van der Waals surface area (Å²) in [6, 6.07) is 8.31. The van der Waals surface area contributed by atoms with E-state index in [2.05, 4.69) is 5.32 Å². The van der Waals surface area contributed by atoms with Crippen molar-refractivity contribution in [1.82, 2.24) is 10.2 Å². The number of benzene rings is 1. The molecule has 8 nitrogen and oxygen atoms in total. The van der Waals surface area contributed by atoms with E-state index in [0.29, 0.717) is 12.8 Å². The predicted octanol–water partition coefficient (Wildman–Crippen LogP) is 1.23. The summed E-state index contributed by atoms with van der Waals surface area (Å²) < 4.78 is 10.4. The van der Waals surface area contributed by atoms with Gasteiger partial charge in [0.25, 0.3) is 0 Å². The Morgan fingerprint density at radius 1 is 1.31 bits per heavy atom. The first-order valence-corrected chi connectivity index (χ1v) is 9.88. The molecule has 1 aliphatic rings. The van der Waals surface area contributed by atoms with Crippen molar-refractivity contribution in [3.8, 4) is 0 Å². The van der Waals surface area contributed by atoms with E-state index in [9.17, 15) is 19.5 Å². The second-order valence-electron chi connectivity index (χ2n) is 7.34. The standard InChI is InChI=1S/C21H30N2O6/c1-4-29-19(25)17(11-10-16-8-6-5-7-9-16)22-15(2)18(24)23-12-13-28-14-21(23,3)20(26)27/h5-9,15,17,22H,4,10-14H2,1-3H3,(H,26,27). The van der Waals surface area contributed by atoms with Crippen LogP contribution in [0.15, 0.2) is 30.3 Å². The Bertz CT molecular complexity index is 710. The van der Waals surface area contributed by atoms with Crippen LogP contribution in [0.4, 0.5) is 0 Å². The lowest BCUT2D eigenvalue weighted by molar-refractivity contribution is -0.171. The van der Waals surface area contributed by atoms with Crippen LogP contribution in [-0.2, 0) is 30.3 Å². The average Bonchev–Trinajstić information content (AvgIpc) is 2.71. The quantitative estimate of drug-likeness (QED) is 0.594. The highest BCUT2D eigenvalue weighted by molar-refractivity contribution is 5.90. The van der Waals surface area contributed by atoms with Gasteiger partial charge in [0, 0.05) is 6.54 Å². The summed E-state index contributed by atoms with van der Waals surface area (Å²) in [5.41, 5.74) is -0.358. The number of carbonyl (C=O) groups is 3. The number of ether oxygens (including phenoxy) is 2. The van der Waals surface area contributed by atoms with Gasteiger partial charge < -0.3 is 19.5 Å². The summed E-state index contributed by atoms with van der Waals surface area (Å²) in [5, 5.41) is 12.6. The Hall–Kier alpha value is -2.45. The lowest BCUT2D eigenvalue weighted by Crippen LogP contribution is -2.65. The van der Waals surface area contributed by atoms with Crippen LogP contribution in [0.3, 0.4) is 0 Å². The number of carbonyl (C=O) groups excluding carboxylic acids is 2. The SMILES string of the molecule is CCOC(=O)C(CCc1ccccc1)NC(C)C(=O)N1CCOCC1(C)C(=O)O. The van der Waals surface area contributed by atoms with Crippen LogP contribution in [0, 0.1) is 0 Å². The molecule has 1 aromatic rings. The molecule has 0 aromatic heterocycles. The fraction of sp³-hybridized carbons (Fsp3) is 0.571. The third-order valence-corrected chi connectivity index (χ3v) is 5.12. The van der Waals surface area contributed by atoms with E-state index in [1.54, 1.807) is 13.8 Å². The van der Waals surface area contributed by atoms with Crippen molar-refractivity contribution in [1.29, 1.82) is 0 Å². The molecule has 1 aromatic carbocycles. The predicted molar refractivity (Wildman–Crippen MR) is 106 cm³/mol. The molecule has 160 valence electrons. The van der Waals surface area contributed by atoms with Crippen LogP contribution >= 0.6 is 0 Å². The van der Waals surface area contributed by atoms with E-state index in [4.69, 9.17) is 9.47 Å². The molecule has 0 bridgehead atoms. The molecule has 3 unspecified atom stereocenters. The number of nitrogens with one attached hydrogen (secondary N) is 1. The number of nitrogens with zero attached hydrogens (tertiary/aromatic N) is 1. The second kappa shape index (κ2) is 10.4. The molecule has 2 rings (SSSR count). The van der Waals surface area contributed by atoms with Crippen molar-refractivity contribution in [3.63, 3.8) is 0 Å². The zero-order valence-corrected chi connectivity index (χ0v) is 17.2. The van der Waals surface area contributed by atoms with Gasteiger partial charge in [0.15, 0.2) is 5.54 Å². The Labute approximate surface area is 171 Å². The number of amides is 1. The number of aryl methyl sites for hydroxylation is 1. The van der Waals surface area contributed by atoms with Crippen LogP contribution in [0.5, 0.6) is 0 Å². The van der Waals surface area contributed by atoms with Gasteiger partial charge in [-0.25, -0.2) is 4.79 Å². The number of hydrogen-bond acceptors (Lipinski definition) is 6. The highest BCUT2D eigenvalue weighted by Gasteiger charge is 2.46. The molecule has 1 fully saturated rings. The molecule has 0 aliphatic carbocycles. The monoisotopic (exact) mass is 406 g/mol. The van der Waals surface area contributed by atoms with E-state index in [1.165, 1.54) is 11.8 Å². The van der Waals surface area contributed by atoms with Gasteiger partial charge in [-0.2, -0.15) is 0 Å². The minimum Gasteiger partial charge on any atom is -0.479 e. The molecule has 8 heteroatoms. The summed E-state index contributed by atoms with van der Waals surface area (Å²) in [6.45, 7) is 5.46. The van der Waals surface area contributed by atoms with Crippen molar-refractivity contribution in [2.24, 2.45) is 0 Å². The number of esters is 1. The molecule has 1 aliphatic heterocycles. The molecular formula is C21H30N2O6. The van der Waals surface area contributed by atoms with Gasteiger partial charge >= 0.3 is 11.9 Å². The maximum absolute atomic E-state index is 13.0. The molecule has 2 N–H and O–H groups in total. The van der Waals surface area contributed by atoms with E-state index in [1.807, 2.05) is 30.3 Å². The van der Waals surface area contributed by atoms with E-state index in [0.717, 1.165) is 5.56 Å². The summed E-state index contributed by atoms with van der Waals surface area (Å²) in [7, 11) is 0. The average molecular weight is 406 g/mol. The van der Waals surface area contributed by atoms with Gasteiger partial charge in [0.1, 0.15) is 6.04 Å². The summed E-state index contributed by atoms with van der Waals surface area (Å²) in [6.07, 6.45) is 1.10. The van der Waals surface area contributed by atoms with Gasteiger partial charge in [0.05, 0.1) is 25.9 Å². The molecule has 1 amide bonds. The van der Waals surface area contributed by atoms with Crippen molar-refractivity contribution in [2.45, 2.75) is 51.2 Å². The van der Waals surface area contributed by atoms with Gasteiger partial charge in [0.2, 0.25) is 5.91 Å². The van der Waals surface area contributed by atoms with Crippen molar-refractivity contribution in [3.05, 3.63) is 35.9 Å². The third kappa shape index (κ3) is 5.77. The van der Waals surface area contributed by atoms with Crippen LogP contribution in [-0.4, -0.2) is 71.8 Å². The zero-order chi connectivity index (χ0) is 21.4. The zero-order valence-electron chi connectivity index (χ0n) is 17.2. The van der Waals surface area contributed by atoms with Crippen molar-refractivity contribution >= 4 is 17.8 Å². The van der Waals surface area contributed by atoms with Crippen molar-refractivity contribution in [2.75, 3.05) is 26.4 Å². The van der Waals surface area contributed by atoms with Crippen LogP contribution < -0.4 is 5.32 Å². The fourth-order valence-electron chi connectivity index (χ4n) is 3.36. The highest BCUT2D eigenvalue weighted by Crippen LogP contribution is 2.21. The minimum atomic E-state index is -1.44. The fourth-order valence-corrected chi connectivity index (χ4v) is 3.36. The number of hydrogen-bond donors (Lipinski definition) is 2. The van der Waals surface area contributed by atoms with Gasteiger partial charge in [-0.05, 0) is 39.2 Å². The topological polar surface area (TPSA) is 105 Å². The summed E-state index contributed by atoms with van der Waals surface area (Å²) in [5.74, 6) is -1.93. The molecule has 0 saturated carbocycles. The van der Waals surface area contributed by atoms with E-state index >= 15 is 0 Å². The van der Waals surface area contributed by atoms with Crippen molar-refractivity contribution < 1.29 is 29.0 Å². The number of rotatable bonds is 9. The van der Waals surface area contributed by atoms with E-state index in [-0.39, 0.29) is 32.3 Å². The Morgan fingerprint density at radius 2 is 2.00 bits per heavy atom. The second-order valence-corrected chi connectivity index (χ2v) is 7.34. The number of morpholine rings is 1. The summed E-state index contributed by atoms with van der Waals surface area (Å²) >= 11 is 0. The molecule has 29 heavy (non-hydrogen) atoms. The molecular weight excluding hydrogens is 376 g/mol. The Kier molecular flexibility index (Phi) is 8.16. The molecule has 0 radical (unpaired) electrons. The molecule has 3 atom stereocenters. The summed E-state index contributed by atoms with van der Waals surface area (Å²) in [4.78, 5) is 38.4. The lowest BCUT2D eigenvalue weighted by atomic mass is 9.98. The highest BCUT2D eigenvalue weighted by atomic mass is 16.5. The molecule has 0 spiro atoms. The Balaban J connectivity index is 2.08. The maximum Gasteiger partial charge on any atom is 0.331 e. The first-order chi connectivity index (χ1) is 13.8. The molecule has 1 saturated heterocycles. The van der Waals surface area contributed by atoms with Crippen LogP contribution in [0.25, 0.3) is 0 Å². The Morgan fingerprint density at radius 3 is 2.62 bits per heavy atom. The first-order valence-electron chi connectivity index (χ1n) is 9.88. The number of aliphatic carboxylic acids is 1. The smallest absolute Gasteiger partial charge is 0.331 e. The van der Waals surface area contributed by atoms with Crippen LogP contribution in [0.1, 0.15) is 32.8 Å². The minimum absolute atomic E-state index is 0.0733. The van der Waals surface area contributed by atoms with Crippen LogP contribution in [0.2, 0.25) is 0 Å². The third-order valence-electron chi connectivity index (χ3n) is 5.12. The van der Waals surface area contributed by atoms with Gasteiger partial charge in [-0.15, -0.1) is 0 Å². The molecule has 1 heterocycles. The van der Waals surface area contributed by atoms with E-state index < -0.39 is 29.6 Å². The normalized spacial score (nSPS) is 21.3. The van der Waals surface area contributed by atoms with Gasteiger partial charge in [-0.1, -0.05) is 30.3 Å².